The SMILES string of the molecule is CC(C)(C)c1cc(CCC(=O)N/N=C\c2ccc(OCc3ccccc3)cc2)cc(C(C)(C)C)c1O. The van der Waals surface area contributed by atoms with Crippen molar-refractivity contribution < 1.29 is 14.6 Å². The quantitative estimate of drug-likeness (QED) is 0.277. The fourth-order valence-electron chi connectivity index (χ4n) is 3.87. The van der Waals surface area contributed by atoms with E-state index in [1.54, 1.807) is 6.21 Å². The minimum atomic E-state index is -0.200. The maximum atomic E-state index is 12.4. The van der Waals surface area contributed by atoms with Crippen molar-refractivity contribution in [1.82, 2.24) is 5.43 Å². The molecule has 2 N–H and O–H groups in total. The highest BCUT2D eigenvalue weighted by molar-refractivity contribution is 5.82. The Kier molecular flexibility index (Phi) is 8.57. The summed E-state index contributed by atoms with van der Waals surface area (Å²) in [5.74, 6) is 0.972. The van der Waals surface area contributed by atoms with Gasteiger partial charge in [0.2, 0.25) is 5.91 Å². The fourth-order valence-corrected chi connectivity index (χ4v) is 3.87. The van der Waals surface area contributed by atoms with Crippen LogP contribution in [0.5, 0.6) is 11.5 Å². The van der Waals surface area contributed by atoms with Gasteiger partial charge in [-0.2, -0.15) is 5.10 Å². The number of nitrogens with zero attached hydrogens (tertiary/aromatic N) is 1. The van der Waals surface area contributed by atoms with Crippen LogP contribution in [0.3, 0.4) is 0 Å². The second kappa shape index (κ2) is 11.4. The average Bonchev–Trinajstić information content (AvgIpc) is 2.82. The first-order valence-electron chi connectivity index (χ1n) is 12.4. The van der Waals surface area contributed by atoms with Crippen LogP contribution in [0.25, 0.3) is 0 Å². The summed E-state index contributed by atoms with van der Waals surface area (Å²) in [5.41, 5.74) is 7.03. The van der Waals surface area contributed by atoms with Gasteiger partial charge in [-0.3, -0.25) is 4.79 Å². The van der Waals surface area contributed by atoms with Crippen molar-refractivity contribution in [3.63, 3.8) is 0 Å². The van der Waals surface area contributed by atoms with Gasteiger partial charge in [0.25, 0.3) is 0 Å². The van der Waals surface area contributed by atoms with Crippen LogP contribution in [0, 0.1) is 0 Å². The van der Waals surface area contributed by atoms with Gasteiger partial charge in [-0.1, -0.05) is 84.0 Å². The molecule has 0 saturated heterocycles. The summed E-state index contributed by atoms with van der Waals surface area (Å²) in [5, 5.41) is 15.0. The van der Waals surface area contributed by atoms with Crippen LogP contribution in [-0.2, 0) is 28.7 Å². The van der Waals surface area contributed by atoms with E-state index in [-0.39, 0.29) is 16.7 Å². The molecule has 5 nitrogen and oxygen atoms in total. The number of carbonyl (C=O) groups is 1. The number of benzene rings is 3. The number of phenols is 1. The van der Waals surface area contributed by atoms with E-state index in [4.69, 9.17) is 4.74 Å². The highest BCUT2D eigenvalue weighted by atomic mass is 16.5. The molecule has 3 aromatic carbocycles. The summed E-state index contributed by atoms with van der Waals surface area (Å²) >= 11 is 0. The third-order valence-corrected chi connectivity index (χ3v) is 5.96. The van der Waals surface area contributed by atoms with Gasteiger partial charge in [0.1, 0.15) is 18.1 Å². The number of hydrogen-bond donors (Lipinski definition) is 2. The van der Waals surface area contributed by atoms with Crippen LogP contribution in [0.15, 0.2) is 71.8 Å². The zero-order valence-electron chi connectivity index (χ0n) is 22.3. The van der Waals surface area contributed by atoms with Crippen LogP contribution in [0.4, 0.5) is 0 Å². The number of amides is 1. The van der Waals surface area contributed by atoms with Gasteiger partial charge in [-0.05, 0) is 69.3 Å². The molecule has 190 valence electrons. The molecule has 0 aliphatic carbocycles. The molecule has 0 bridgehead atoms. The zero-order chi connectivity index (χ0) is 26.3. The van der Waals surface area contributed by atoms with E-state index in [1.165, 1.54) is 0 Å². The molecular formula is C31H38N2O3. The summed E-state index contributed by atoms with van der Waals surface area (Å²) in [6, 6.07) is 21.6. The lowest BCUT2D eigenvalue weighted by molar-refractivity contribution is -0.121. The molecular weight excluding hydrogens is 448 g/mol. The molecule has 3 aromatic rings. The monoisotopic (exact) mass is 486 g/mol. The largest absolute Gasteiger partial charge is 0.507 e. The Morgan fingerprint density at radius 2 is 1.47 bits per heavy atom. The number of hydrazone groups is 1. The van der Waals surface area contributed by atoms with Crippen molar-refractivity contribution in [2.24, 2.45) is 5.10 Å². The van der Waals surface area contributed by atoms with Gasteiger partial charge in [0.15, 0.2) is 0 Å². The zero-order valence-corrected chi connectivity index (χ0v) is 22.3. The van der Waals surface area contributed by atoms with Crippen molar-refractivity contribution in [2.75, 3.05) is 0 Å². The molecule has 0 saturated carbocycles. The molecule has 0 unspecified atom stereocenters. The van der Waals surface area contributed by atoms with Crippen molar-refractivity contribution in [1.29, 1.82) is 0 Å². The first-order valence-corrected chi connectivity index (χ1v) is 12.4. The number of rotatable bonds is 8. The molecule has 0 spiro atoms. The molecule has 0 heterocycles. The van der Waals surface area contributed by atoms with Gasteiger partial charge in [0.05, 0.1) is 6.21 Å². The molecule has 0 aromatic heterocycles. The van der Waals surface area contributed by atoms with Crippen molar-refractivity contribution in [3.8, 4) is 11.5 Å². The fraction of sp³-hybridized carbons (Fsp3) is 0.355. The third kappa shape index (κ3) is 7.70. The van der Waals surface area contributed by atoms with E-state index in [2.05, 4.69) is 52.1 Å². The number of nitrogens with one attached hydrogen (secondary N) is 1. The molecule has 1 amide bonds. The normalized spacial score (nSPS) is 12.1. The first kappa shape index (κ1) is 27.0. The Labute approximate surface area is 215 Å². The van der Waals surface area contributed by atoms with E-state index in [0.29, 0.717) is 25.2 Å². The molecule has 5 heteroatoms. The lowest BCUT2D eigenvalue weighted by atomic mass is 9.78. The van der Waals surface area contributed by atoms with Gasteiger partial charge >= 0.3 is 0 Å². The highest BCUT2D eigenvalue weighted by Crippen LogP contribution is 2.40. The number of carbonyl (C=O) groups excluding carboxylic acids is 1. The molecule has 36 heavy (non-hydrogen) atoms. The first-order chi connectivity index (χ1) is 16.9. The maximum absolute atomic E-state index is 12.4. The standard InChI is InChI=1S/C31H38N2O3/c1-30(2,3)26-18-24(19-27(29(26)35)31(4,5)6)14-17-28(34)33-32-20-22-12-15-25(16-13-22)36-21-23-10-8-7-9-11-23/h7-13,15-16,18-20,35H,14,17,21H2,1-6H3,(H,33,34)/b32-20-. The summed E-state index contributed by atoms with van der Waals surface area (Å²) in [6.07, 6.45) is 2.50. The second-order valence-corrected chi connectivity index (χ2v) is 11.2. The Morgan fingerprint density at radius 1 is 0.889 bits per heavy atom. The van der Waals surface area contributed by atoms with Crippen molar-refractivity contribution in [2.45, 2.75) is 71.8 Å². The highest BCUT2D eigenvalue weighted by Gasteiger charge is 2.26. The smallest absolute Gasteiger partial charge is 0.240 e. The second-order valence-electron chi connectivity index (χ2n) is 11.2. The average molecular weight is 487 g/mol. The lowest BCUT2D eigenvalue weighted by Crippen LogP contribution is -2.20. The molecule has 0 fully saturated rings. The number of aromatic hydroxyl groups is 1. The number of phenolic OH excluding ortho intramolecular Hbond substituents is 1. The van der Waals surface area contributed by atoms with Crippen LogP contribution in [-0.4, -0.2) is 17.2 Å². The summed E-state index contributed by atoms with van der Waals surface area (Å²) in [7, 11) is 0. The Balaban J connectivity index is 1.55. The van der Waals surface area contributed by atoms with Crippen molar-refractivity contribution >= 4 is 12.1 Å². The van der Waals surface area contributed by atoms with E-state index in [9.17, 15) is 9.90 Å². The lowest BCUT2D eigenvalue weighted by Gasteiger charge is -2.28. The number of aryl methyl sites for hydroxylation is 1. The van der Waals surface area contributed by atoms with E-state index in [0.717, 1.165) is 33.6 Å². The molecule has 0 aliphatic heterocycles. The Bertz CT molecular complexity index is 1150. The minimum Gasteiger partial charge on any atom is -0.507 e. The Hall–Kier alpha value is -3.60. The van der Waals surface area contributed by atoms with Crippen LogP contribution < -0.4 is 10.2 Å². The van der Waals surface area contributed by atoms with Crippen molar-refractivity contribution in [3.05, 3.63) is 94.5 Å². The maximum Gasteiger partial charge on any atom is 0.240 e. The van der Waals surface area contributed by atoms with Gasteiger partial charge in [-0.15, -0.1) is 0 Å². The number of hydrogen-bond acceptors (Lipinski definition) is 4. The topological polar surface area (TPSA) is 70.9 Å². The Morgan fingerprint density at radius 3 is 2.03 bits per heavy atom. The van der Waals surface area contributed by atoms with Crippen LogP contribution >= 0.6 is 0 Å². The summed E-state index contributed by atoms with van der Waals surface area (Å²) in [4.78, 5) is 12.4. The van der Waals surface area contributed by atoms with Crippen LogP contribution in [0.2, 0.25) is 0 Å². The summed E-state index contributed by atoms with van der Waals surface area (Å²) < 4.78 is 5.80. The molecule has 0 atom stereocenters. The molecule has 3 rings (SSSR count). The third-order valence-electron chi connectivity index (χ3n) is 5.96. The molecule has 0 aliphatic rings. The summed E-state index contributed by atoms with van der Waals surface area (Å²) in [6.45, 7) is 13.0. The molecule has 0 radical (unpaired) electrons. The number of ether oxygens (including phenoxy) is 1. The van der Waals surface area contributed by atoms with E-state index < -0.39 is 0 Å². The minimum absolute atomic E-state index is 0.156. The van der Waals surface area contributed by atoms with Gasteiger partial charge in [-0.25, -0.2) is 5.43 Å². The van der Waals surface area contributed by atoms with Crippen LogP contribution in [0.1, 0.15) is 75.8 Å². The van der Waals surface area contributed by atoms with Gasteiger partial charge < -0.3 is 9.84 Å². The van der Waals surface area contributed by atoms with Gasteiger partial charge in [0, 0.05) is 6.42 Å². The van der Waals surface area contributed by atoms with E-state index >= 15 is 0 Å². The predicted octanol–water partition coefficient (Wildman–Crippen LogP) is 6.65. The van der Waals surface area contributed by atoms with E-state index in [1.807, 2.05) is 66.7 Å². The predicted molar refractivity (Wildman–Crippen MR) is 147 cm³/mol.